The van der Waals surface area contributed by atoms with Crippen molar-refractivity contribution >= 4 is 17.8 Å². The summed E-state index contributed by atoms with van der Waals surface area (Å²) in [6.45, 7) is 6.94. The largest absolute Gasteiger partial charge is 0.497 e. The standard InChI is InChI=1S/C23H24O6/c1-14-18(27-13-20(24)29-23(2,3)4)10-9-17-21(25)19(28-22(14)17)12-15-7-6-8-16(11-15)26-5/h6-12H,13H2,1-5H3/b19-12-. The number of carbonyl (C=O) groups excluding carboxylic acids is 2. The molecule has 0 amide bonds. The molecule has 0 atom stereocenters. The van der Waals surface area contributed by atoms with Crippen LogP contribution in [-0.2, 0) is 9.53 Å². The van der Waals surface area contributed by atoms with Crippen molar-refractivity contribution in [3.8, 4) is 17.2 Å². The zero-order valence-electron chi connectivity index (χ0n) is 17.2. The molecule has 152 valence electrons. The molecule has 2 aromatic rings. The van der Waals surface area contributed by atoms with E-state index in [9.17, 15) is 9.59 Å². The molecule has 1 aliphatic heterocycles. The Balaban J connectivity index is 1.78. The first-order chi connectivity index (χ1) is 13.7. The lowest BCUT2D eigenvalue weighted by Gasteiger charge is -2.19. The van der Waals surface area contributed by atoms with Crippen LogP contribution < -0.4 is 14.2 Å². The highest BCUT2D eigenvalue weighted by atomic mass is 16.6. The number of hydrogen-bond acceptors (Lipinski definition) is 6. The molecule has 0 N–H and O–H groups in total. The Morgan fingerprint density at radius 2 is 1.93 bits per heavy atom. The Hall–Kier alpha value is -3.28. The highest BCUT2D eigenvalue weighted by Crippen LogP contribution is 2.39. The lowest BCUT2D eigenvalue weighted by molar-refractivity contribution is -0.157. The fourth-order valence-corrected chi connectivity index (χ4v) is 2.91. The lowest BCUT2D eigenvalue weighted by Crippen LogP contribution is -2.27. The van der Waals surface area contributed by atoms with Crippen molar-refractivity contribution in [3.63, 3.8) is 0 Å². The molecule has 0 saturated heterocycles. The average molecular weight is 396 g/mol. The molecule has 0 unspecified atom stereocenters. The molecule has 2 aromatic carbocycles. The maximum absolute atomic E-state index is 12.7. The zero-order valence-corrected chi connectivity index (χ0v) is 17.2. The summed E-state index contributed by atoms with van der Waals surface area (Å²) < 4.78 is 21.9. The SMILES string of the molecule is COc1cccc(/C=C2\Oc3c(ccc(OCC(=O)OC(C)(C)C)c3C)C2=O)c1. The molecular weight excluding hydrogens is 372 g/mol. The third-order valence-electron chi connectivity index (χ3n) is 4.19. The topological polar surface area (TPSA) is 71.1 Å². The second-order valence-electron chi connectivity index (χ2n) is 7.66. The smallest absolute Gasteiger partial charge is 0.344 e. The van der Waals surface area contributed by atoms with Gasteiger partial charge in [-0.2, -0.15) is 0 Å². The number of ether oxygens (including phenoxy) is 4. The van der Waals surface area contributed by atoms with E-state index >= 15 is 0 Å². The van der Waals surface area contributed by atoms with Crippen molar-refractivity contribution in [3.05, 3.63) is 58.8 Å². The van der Waals surface area contributed by atoms with E-state index in [2.05, 4.69) is 0 Å². The van der Waals surface area contributed by atoms with E-state index < -0.39 is 11.6 Å². The van der Waals surface area contributed by atoms with Gasteiger partial charge in [0.2, 0.25) is 5.78 Å². The average Bonchev–Trinajstić information content (AvgIpc) is 2.97. The number of Topliss-reactive ketones (excluding diaryl/α,β-unsaturated/α-hetero) is 1. The van der Waals surface area contributed by atoms with E-state index in [0.717, 1.165) is 5.56 Å². The predicted octanol–water partition coefficient (Wildman–Crippen LogP) is 4.34. The maximum Gasteiger partial charge on any atom is 0.344 e. The molecule has 0 spiro atoms. The van der Waals surface area contributed by atoms with E-state index in [1.54, 1.807) is 53.0 Å². The van der Waals surface area contributed by atoms with Crippen LogP contribution in [0.3, 0.4) is 0 Å². The maximum atomic E-state index is 12.7. The van der Waals surface area contributed by atoms with Crippen molar-refractivity contribution < 1.29 is 28.5 Å². The Bertz CT molecular complexity index is 981. The number of ketones is 1. The minimum atomic E-state index is -0.581. The van der Waals surface area contributed by atoms with Gasteiger partial charge in [-0.3, -0.25) is 4.79 Å². The van der Waals surface area contributed by atoms with Crippen molar-refractivity contribution in [1.29, 1.82) is 0 Å². The van der Waals surface area contributed by atoms with Crippen LogP contribution in [-0.4, -0.2) is 31.1 Å². The van der Waals surface area contributed by atoms with Crippen LogP contribution in [0.5, 0.6) is 17.2 Å². The number of allylic oxidation sites excluding steroid dienone is 1. The molecule has 0 fully saturated rings. The molecular formula is C23H24O6. The van der Waals surface area contributed by atoms with Gasteiger partial charge >= 0.3 is 5.97 Å². The number of carbonyl (C=O) groups is 2. The quantitative estimate of drug-likeness (QED) is 0.553. The van der Waals surface area contributed by atoms with Crippen LogP contribution in [0.4, 0.5) is 0 Å². The summed E-state index contributed by atoms with van der Waals surface area (Å²) in [5, 5.41) is 0. The van der Waals surface area contributed by atoms with Gasteiger partial charge in [0, 0.05) is 5.56 Å². The first-order valence-corrected chi connectivity index (χ1v) is 9.24. The van der Waals surface area contributed by atoms with E-state index in [4.69, 9.17) is 18.9 Å². The highest BCUT2D eigenvalue weighted by Gasteiger charge is 2.30. The summed E-state index contributed by atoms with van der Waals surface area (Å²) in [6.07, 6.45) is 1.67. The van der Waals surface area contributed by atoms with Gasteiger partial charge in [-0.05, 0) is 63.6 Å². The summed E-state index contributed by atoms with van der Waals surface area (Å²) in [5.41, 5.74) is 1.32. The second-order valence-corrected chi connectivity index (χ2v) is 7.66. The molecule has 0 aromatic heterocycles. The fourth-order valence-electron chi connectivity index (χ4n) is 2.91. The van der Waals surface area contributed by atoms with E-state index in [1.807, 2.05) is 24.3 Å². The Morgan fingerprint density at radius 3 is 2.62 bits per heavy atom. The van der Waals surface area contributed by atoms with Gasteiger partial charge in [-0.15, -0.1) is 0 Å². The van der Waals surface area contributed by atoms with Gasteiger partial charge in [-0.1, -0.05) is 12.1 Å². The van der Waals surface area contributed by atoms with Crippen molar-refractivity contribution in [2.75, 3.05) is 13.7 Å². The first-order valence-electron chi connectivity index (χ1n) is 9.24. The highest BCUT2D eigenvalue weighted by molar-refractivity contribution is 6.15. The molecule has 6 nitrogen and oxygen atoms in total. The minimum Gasteiger partial charge on any atom is -0.497 e. The number of hydrogen-bond donors (Lipinski definition) is 0. The van der Waals surface area contributed by atoms with Crippen LogP contribution >= 0.6 is 0 Å². The molecule has 1 heterocycles. The molecule has 0 bridgehead atoms. The normalized spacial score (nSPS) is 14.4. The Morgan fingerprint density at radius 1 is 1.17 bits per heavy atom. The van der Waals surface area contributed by atoms with E-state index in [1.165, 1.54) is 0 Å². The summed E-state index contributed by atoms with van der Waals surface area (Å²) in [4.78, 5) is 24.6. The number of esters is 1. The van der Waals surface area contributed by atoms with Crippen LogP contribution in [0.2, 0.25) is 0 Å². The van der Waals surface area contributed by atoms with Gasteiger partial charge in [0.15, 0.2) is 12.4 Å². The van der Waals surface area contributed by atoms with Crippen LogP contribution in [0.15, 0.2) is 42.2 Å². The van der Waals surface area contributed by atoms with E-state index in [-0.39, 0.29) is 18.1 Å². The molecule has 0 radical (unpaired) electrons. The molecule has 1 aliphatic rings. The van der Waals surface area contributed by atoms with Crippen LogP contribution in [0.1, 0.15) is 42.3 Å². The molecule has 0 aliphatic carbocycles. The lowest BCUT2D eigenvalue weighted by atomic mass is 10.1. The third kappa shape index (κ3) is 4.77. The van der Waals surface area contributed by atoms with Gasteiger partial charge in [0.1, 0.15) is 22.8 Å². The van der Waals surface area contributed by atoms with Gasteiger partial charge in [0.25, 0.3) is 0 Å². The molecule has 29 heavy (non-hydrogen) atoms. The van der Waals surface area contributed by atoms with Crippen molar-refractivity contribution in [2.24, 2.45) is 0 Å². The number of benzene rings is 2. The van der Waals surface area contributed by atoms with Crippen molar-refractivity contribution in [2.45, 2.75) is 33.3 Å². The Labute approximate surface area is 170 Å². The molecule has 0 saturated carbocycles. The first kappa shape index (κ1) is 20.5. The van der Waals surface area contributed by atoms with Gasteiger partial charge in [-0.25, -0.2) is 4.79 Å². The summed E-state index contributed by atoms with van der Waals surface area (Å²) in [5.74, 6) is 1.14. The van der Waals surface area contributed by atoms with E-state index in [0.29, 0.717) is 28.4 Å². The number of rotatable bonds is 5. The predicted molar refractivity (Wildman–Crippen MR) is 108 cm³/mol. The number of fused-ring (bicyclic) bond motifs is 1. The molecule has 6 heteroatoms. The van der Waals surface area contributed by atoms with Gasteiger partial charge < -0.3 is 18.9 Å². The Kier molecular flexibility index (Phi) is 5.64. The number of methoxy groups -OCH3 is 1. The summed E-state index contributed by atoms with van der Waals surface area (Å²) in [6, 6.07) is 10.6. The minimum absolute atomic E-state index is 0.204. The van der Waals surface area contributed by atoms with Crippen molar-refractivity contribution in [1.82, 2.24) is 0 Å². The third-order valence-corrected chi connectivity index (χ3v) is 4.19. The monoisotopic (exact) mass is 396 g/mol. The van der Waals surface area contributed by atoms with Crippen LogP contribution in [0.25, 0.3) is 6.08 Å². The molecule has 3 rings (SSSR count). The fraction of sp³-hybridized carbons (Fsp3) is 0.304. The zero-order chi connectivity index (χ0) is 21.2. The van der Waals surface area contributed by atoms with Gasteiger partial charge in [0.05, 0.1) is 12.7 Å². The van der Waals surface area contributed by atoms with Crippen LogP contribution in [0, 0.1) is 6.92 Å². The second kappa shape index (κ2) is 7.99. The summed E-state index contributed by atoms with van der Waals surface area (Å²) >= 11 is 0. The summed E-state index contributed by atoms with van der Waals surface area (Å²) in [7, 11) is 1.58.